The third-order valence-corrected chi connectivity index (χ3v) is 4.97. The van der Waals surface area contributed by atoms with Gasteiger partial charge in [-0.1, -0.05) is 30.3 Å². The summed E-state index contributed by atoms with van der Waals surface area (Å²) in [6.45, 7) is 0.0919. The first-order valence-corrected chi connectivity index (χ1v) is 9.72. The van der Waals surface area contributed by atoms with Crippen molar-refractivity contribution in [3.63, 3.8) is 0 Å². The van der Waals surface area contributed by atoms with Crippen LogP contribution in [0.2, 0.25) is 0 Å². The number of imide groups is 1. The second kappa shape index (κ2) is 9.79. The lowest BCUT2D eigenvalue weighted by Crippen LogP contribution is -2.38. The number of carbonyl (C=O) groups excluding carboxylic acids is 3. The largest absolute Gasteiger partial charge is 0.497 e. The molecule has 0 unspecified atom stereocenters. The third kappa shape index (κ3) is 5.61. The van der Waals surface area contributed by atoms with Crippen LogP contribution in [0.4, 0.5) is 4.79 Å². The molecule has 0 aliphatic carbocycles. The summed E-state index contributed by atoms with van der Waals surface area (Å²) < 4.78 is 10.4. The minimum Gasteiger partial charge on any atom is -0.497 e. The lowest BCUT2D eigenvalue weighted by molar-refractivity contribution is -0.125. The van der Waals surface area contributed by atoms with E-state index < -0.39 is 0 Å². The summed E-state index contributed by atoms with van der Waals surface area (Å²) in [4.78, 5) is 37.9. The fraction of sp³-hybridized carbons (Fsp3) is 0.190. The summed E-state index contributed by atoms with van der Waals surface area (Å²) in [7, 11) is 1.57. The van der Waals surface area contributed by atoms with Crippen LogP contribution in [-0.4, -0.2) is 48.8 Å². The molecule has 1 aliphatic heterocycles. The Morgan fingerprint density at radius 3 is 2.45 bits per heavy atom. The second-order valence-corrected chi connectivity index (χ2v) is 7.05. The molecule has 1 fully saturated rings. The van der Waals surface area contributed by atoms with Crippen LogP contribution in [0.25, 0.3) is 6.08 Å². The zero-order valence-corrected chi connectivity index (χ0v) is 16.6. The molecule has 3 amide bonds. The predicted molar refractivity (Wildman–Crippen MR) is 111 cm³/mol. The number of nitrogens with zero attached hydrogens (tertiary/aromatic N) is 1. The average Bonchev–Trinajstić information content (AvgIpc) is 3.00. The quantitative estimate of drug-likeness (QED) is 0.671. The minimum absolute atomic E-state index is 0.102. The first kappa shape index (κ1) is 20.5. The summed E-state index contributed by atoms with van der Waals surface area (Å²) in [6.07, 6.45) is 1.69. The lowest BCUT2D eigenvalue weighted by Gasteiger charge is -2.13. The van der Waals surface area contributed by atoms with E-state index in [-0.39, 0.29) is 36.7 Å². The number of nitrogens with one attached hydrogen (secondary N) is 1. The molecule has 29 heavy (non-hydrogen) atoms. The van der Waals surface area contributed by atoms with Crippen LogP contribution in [0, 0.1) is 0 Å². The molecule has 0 radical (unpaired) electrons. The smallest absolute Gasteiger partial charge is 0.293 e. The molecule has 0 aromatic heterocycles. The lowest BCUT2D eigenvalue weighted by atomic mass is 10.2. The van der Waals surface area contributed by atoms with Gasteiger partial charge in [0.1, 0.15) is 11.5 Å². The van der Waals surface area contributed by atoms with Crippen LogP contribution >= 0.6 is 11.8 Å². The van der Waals surface area contributed by atoms with Crippen molar-refractivity contribution in [1.29, 1.82) is 0 Å². The molecular weight excluding hydrogens is 392 g/mol. The van der Waals surface area contributed by atoms with E-state index in [1.165, 1.54) is 0 Å². The zero-order valence-electron chi connectivity index (χ0n) is 15.8. The fourth-order valence-corrected chi connectivity index (χ4v) is 3.44. The standard InChI is InChI=1S/C21H20N2O5S/c1-27-16-7-9-17(10-8-16)28-14-19(24)22-11-12-23-20(25)18(29-21(23)26)13-15-5-3-2-4-6-15/h2-10,13H,11-12,14H2,1H3,(H,22,24)/b18-13+. The Hall–Kier alpha value is -3.26. The molecule has 0 atom stereocenters. The number of methoxy groups -OCH3 is 1. The molecule has 0 spiro atoms. The summed E-state index contributed by atoms with van der Waals surface area (Å²) in [6, 6.07) is 16.2. The normalized spacial score (nSPS) is 14.9. The van der Waals surface area contributed by atoms with Crippen molar-refractivity contribution in [1.82, 2.24) is 10.2 Å². The maximum atomic E-state index is 12.4. The molecule has 150 valence electrons. The fourth-order valence-electron chi connectivity index (χ4n) is 2.57. The summed E-state index contributed by atoms with van der Waals surface area (Å²) in [5.41, 5.74) is 0.849. The van der Waals surface area contributed by atoms with E-state index in [9.17, 15) is 14.4 Å². The van der Waals surface area contributed by atoms with E-state index >= 15 is 0 Å². The van der Waals surface area contributed by atoms with Gasteiger partial charge in [-0.15, -0.1) is 0 Å². The Kier molecular flexibility index (Phi) is 6.91. The van der Waals surface area contributed by atoms with Crippen molar-refractivity contribution in [2.24, 2.45) is 0 Å². The van der Waals surface area contributed by atoms with Gasteiger partial charge in [-0.25, -0.2) is 0 Å². The number of ether oxygens (including phenoxy) is 2. The number of rotatable bonds is 8. The van der Waals surface area contributed by atoms with Crippen LogP contribution in [0.3, 0.4) is 0 Å². The van der Waals surface area contributed by atoms with Crippen molar-refractivity contribution >= 4 is 34.9 Å². The van der Waals surface area contributed by atoms with Crippen LogP contribution in [0.15, 0.2) is 59.5 Å². The Bertz CT molecular complexity index is 912. The molecule has 1 heterocycles. The van der Waals surface area contributed by atoms with Gasteiger partial charge in [0, 0.05) is 13.1 Å². The highest BCUT2D eigenvalue weighted by Crippen LogP contribution is 2.31. The molecule has 0 saturated carbocycles. The Morgan fingerprint density at radius 1 is 1.07 bits per heavy atom. The number of thioether (sulfide) groups is 1. The van der Waals surface area contributed by atoms with Crippen molar-refractivity contribution in [2.75, 3.05) is 26.8 Å². The van der Waals surface area contributed by atoms with Gasteiger partial charge in [-0.3, -0.25) is 19.3 Å². The molecule has 8 heteroatoms. The molecule has 2 aromatic rings. The van der Waals surface area contributed by atoms with Crippen LogP contribution in [0.1, 0.15) is 5.56 Å². The van der Waals surface area contributed by atoms with Crippen molar-refractivity contribution < 1.29 is 23.9 Å². The van der Waals surface area contributed by atoms with Gasteiger partial charge in [0.25, 0.3) is 17.1 Å². The molecule has 1 aliphatic rings. The highest BCUT2D eigenvalue weighted by Gasteiger charge is 2.34. The zero-order chi connectivity index (χ0) is 20.6. The van der Waals surface area contributed by atoms with E-state index in [1.54, 1.807) is 37.5 Å². The Labute approximate surface area is 172 Å². The SMILES string of the molecule is COc1ccc(OCC(=O)NCCN2C(=O)S/C(=C/c3ccccc3)C2=O)cc1. The summed E-state index contributed by atoms with van der Waals surface area (Å²) in [5, 5.41) is 2.30. The average molecular weight is 412 g/mol. The van der Waals surface area contributed by atoms with Crippen LogP contribution in [-0.2, 0) is 9.59 Å². The maximum absolute atomic E-state index is 12.4. The molecule has 2 aromatic carbocycles. The van der Waals surface area contributed by atoms with Gasteiger partial charge in [-0.05, 0) is 47.7 Å². The van der Waals surface area contributed by atoms with E-state index in [0.29, 0.717) is 16.4 Å². The Morgan fingerprint density at radius 2 is 1.76 bits per heavy atom. The van der Waals surface area contributed by atoms with E-state index in [2.05, 4.69) is 5.32 Å². The van der Waals surface area contributed by atoms with Gasteiger partial charge >= 0.3 is 0 Å². The molecule has 3 rings (SSSR count). The van der Waals surface area contributed by atoms with Crippen molar-refractivity contribution in [3.05, 3.63) is 65.1 Å². The van der Waals surface area contributed by atoms with E-state index in [4.69, 9.17) is 9.47 Å². The molecule has 1 saturated heterocycles. The maximum Gasteiger partial charge on any atom is 0.293 e. The first-order chi connectivity index (χ1) is 14.1. The molecule has 7 nitrogen and oxygen atoms in total. The topological polar surface area (TPSA) is 84.9 Å². The highest BCUT2D eigenvalue weighted by atomic mass is 32.2. The number of carbonyl (C=O) groups is 3. The number of amides is 3. The van der Waals surface area contributed by atoms with Crippen LogP contribution < -0.4 is 14.8 Å². The second-order valence-electron chi connectivity index (χ2n) is 6.06. The van der Waals surface area contributed by atoms with Gasteiger partial charge in [0.2, 0.25) is 0 Å². The Balaban J connectivity index is 1.44. The van der Waals surface area contributed by atoms with Gasteiger partial charge in [-0.2, -0.15) is 0 Å². The minimum atomic E-state index is -0.354. The van der Waals surface area contributed by atoms with Gasteiger partial charge in [0.15, 0.2) is 6.61 Å². The van der Waals surface area contributed by atoms with E-state index in [1.807, 2.05) is 30.3 Å². The van der Waals surface area contributed by atoms with Crippen molar-refractivity contribution in [2.45, 2.75) is 0 Å². The first-order valence-electron chi connectivity index (χ1n) is 8.91. The summed E-state index contributed by atoms with van der Waals surface area (Å²) >= 11 is 0.897. The predicted octanol–water partition coefficient (Wildman–Crippen LogP) is 2.93. The van der Waals surface area contributed by atoms with Crippen molar-refractivity contribution in [3.8, 4) is 11.5 Å². The van der Waals surface area contributed by atoms with Gasteiger partial charge in [0.05, 0.1) is 12.0 Å². The molecule has 1 N–H and O–H groups in total. The highest BCUT2D eigenvalue weighted by molar-refractivity contribution is 8.18. The molecule has 0 bridgehead atoms. The summed E-state index contributed by atoms with van der Waals surface area (Å²) in [5.74, 6) is 0.540. The molecular formula is C21H20N2O5S. The monoisotopic (exact) mass is 412 g/mol. The number of benzene rings is 2. The number of hydrogen-bond acceptors (Lipinski definition) is 6. The third-order valence-electron chi connectivity index (χ3n) is 4.06. The van der Waals surface area contributed by atoms with Crippen LogP contribution in [0.5, 0.6) is 11.5 Å². The van der Waals surface area contributed by atoms with E-state index in [0.717, 1.165) is 22.2 Å². The number of hydrogen-bond donors (Lipinski definition) is 1. The van der Waals surface area contributed by atoms with Gasteiger partial charge < -0.3 is 14.8 Å².